The Hall–Kier alpha value is -0.770. The van der Waals surface area contributed by atoms with Crippen LogP contribution in [0.4, 0.5) is 5.69 Å². The number of anilines is 1. The van der Waals surface area contributed by atoms with Gasteiger partial charge in [0.1, 0.15) is 0 Å². The highest BCUT2D eigenvalue weighted by Gasteiger charge is 2.14. The molecule has 3 nitrogen and oxygen atoms in total. The molecule has 15 heavy (non-hydrogen) atoms. The Labute approximate surface area is 98.5 Å². The summed E-state index contributed by atoms with van der Waals surface area (Å²) in [7, 11) is 0. The van der Waals surface area contributed by atoms with Gasteiger partial charge in [-0.3, -0.25) is 4.79 Å². The zero-order valence-corrected chi connectivity index (χ0v) is 9.77. The van der Waals surface area contributed by atoms with Crippen molar-refractivity contribution in [2.45, 2.75) is 6.92 Å². The molecule has 1 amide bonds. The Bertz CT molecular complexity index is 348. The molecule has 1 atom stereocenters. The van der Waals surface area contributed by atoms with Crippen molar-refractivity contribution in [3.8, 4) is 0 Å². The highest BCUT2D eigenvalue weighted by Crippen LogP contribution is 2.29. The third kappa shape index (κ3) is 3.09. The van der Waals surface area contributed by atoms with Crippen LogP contribution in [-0.2, 0) is 4.79 Å². The molecule has 0 bridgehead atoms. The summed E-state index contributed by atoms with van der Waals surface area (Å²) in [5, 5.41) is 3.48. The Kier molecular flexibility index (Phi) is 4.39. The average molecular weight is 247 g/mol. The van der Waals surface area contributed by atoms with Gasteiger partial charge < -0.3 is 11.1 Å². The molecule has 82 valence electrons. The first-order valence-corrected chi connectivity index (χ1v) is 5.26. The second-order valence-electron chi connectivity index (χ2n) is 3.22. The van der Waals surface area contributed by atoms with Crippen molar-refractivity contribution in [3.05, 3.63) is 28.2 Å². The number of para-hydroxylation sites is 1. The van der Waals surface area contributed by atoms with Crippen LogP contribution in [-0.4, -0.2) is 12.5 Å². The summed E-state index contributed by atoms with van der Waals surface area (Å²) in [6.07, 6.45) is 0. The van der Waals surface area contributed by atoms with Gasteiger partial charge in [0.25, 0.3) is 0 Å². The van der Waals surface area contributed by atoms with Gasteiger partial charge in [-0.25, -0.2) is 0 Å². The number of amides is 1. The summed E-state index contributed by atoms with van der Waals surface area (Å²) in [4.78, 5) is 11.5. The van der Waals surface area contributed by atoms with Crippen LogP contribution in [0.25, 0.3) is 0 Å². The normalized spacial score (nSPS) is 12.3. The first-order valence-electron chi connectivity index (χ1n) is 4.51. The lowest BCUT2D eigenvalue weighted by atomic mass is 10.1. The number of hydrogen-bond acceptors (Lipinski definition) is 2. The number of benzene rings is 1. The van der Waals surface area contributed by atoms with Gasteiger partial charge in [0.15, 0.2) is 0 Å². The molecule has 1 rings (SSSR count). The molecule has 0 radical (unpaired) electrons. The second kappa shape index (κ2) is 5.35. The number of carbonyl (C=O) groups is 1. The SMILES string of the molecule is CC(CN)C(=O)Nc1c(Cl)cccc1Cl. The summed E-state index contributed by atoms with van der Waals surface area (Å²) in [5.41, 5.74) is 5.81. The third-order valence-corrected chi connectivity index (χ3v) is 2.64. The van der Waals surface area contributed by atoms with Gasteiger partial charge in [-0.1, -0.05) is 36.2 Å². The fourth-order valence-electron chi connectivity index (χ4n) is 0.971. The van der Waals surface area contributed by atoms with Gasteiger partial charge in [-0.15, -0.1) is 0 Å². The van der Waals surface area contributed by atoms with E-state index in [0.717, 1.165) is 0 Å². The van der Waals surface area contributed by atoms with Gasteiger partial charge in [0, 0.05) is 12.5 Å². The molecule has 3 N–H and O–H groups in total. The highest BCUT2D eigenvalue weighted by atomic mass is 35.5. The summed E-state index contributed by atoms with van der Waals surface area (Å²) < 4.78 is 0. The smallest absolute Gasteiger partial charge is 0.228 e. The zero-order chi connectivity index (χ0) is 11.4. The summed E-state index contributed by atoms with van der Waals surface area (Å²) in [6.45, 7) is 2.02. The van der Waals surface area contributed by atoms with Crippen LogP contribution < -0.4 is 11.1 Å². The van der Waals surface area contributed by atoms with Gasteiger partial charge in [0.2, 0.25) is 5.91 Å². The van der Waals surface area contributed by atoms with Crippen LogP contribution in [0.2, 0.25) is 10.0 Å². The number of carbonyl (C=O) groups excluding carboxylic acids is 1. The molecule has 0 aliphatic rings. The van der Waals surface area contributed by atoms with Crippen molar-refractivity contribution in [1.29, 1.82) is 0 Å². The van der Waals surface area contributed by atoms with Crippen molar-refractivity contribution >= 4 is 34.8 Å². The summed E-state index contributed by atoms with van der Waals surface area (Å²) in [6, 6.07) is 5.04. The maximum absolute atomic E-state index is 11.5. The van der Waals surface area contributed by atoms with E-state index < -0.39 is 0 Å². The van der Waals surface area contributed by atoms with Gasteiger partial charge in [-0.2, -0.15) is 0 Å². The number of halogens is 2. The van der Waals surface area contributed by atoms with Gasteiger partial charge >= 0.3 is 0 Å². The molecule has 0 heterocycles. The molecule has 0 aliphatic carbocycles. The maximum Gasteiger partial charge on any atom is 0.228 e. The summed E-state index contributed by atoms with van der Waals surface area (Å²) >= 11 is 11.8. The lowest BCUT2D eigenvalue weighted by Crippen LogP contribution is -2.26. The van der Waals surface area contributed by atoms with E-state index in [9.17, 15) is 4.79 Å². The van der Waals surface area contributed by atoms with Crippen LogP contribution in [0.1, 0.15) is 6.92 Å². The first-order chi connectivity index (χ1) is 7.06. The predicted octanol–water partition coefficient (Wildman–Crippen LogP) is 2.53. The topological polar surface area (TPSA) is 55.1 Å². The highest BCUT2D eigenvalue weighted by molar-refractivity contribution is 6.39. The van der Waals surface area contributed by atoms with E-state index in [1.54, 1.807) is 25.1 Å². The van der Waals surface area contributed by atoms with E-state index in [4.69, 9.17) is 28.9 Å². The quantitative estimate of drug-likeness (QED) is 0.862. The molecule has 1 unspecified atom stereocenters. The Balaban J connectivity index is 2.85. The minimum Gasteiger partial charge on any atom is -0.330 e. The van der Waals surface area contributed by atoms with Crippen molar-refractivity contribution in [1.82, 2.24) is 0 Å². The minimum absolute atomic E-state index is 0.187. The molecule has 0 spiro atoms. The number of nitrogens with two attached hydrogens (primary N) is 1. The van der Waals surface area contributed by atoms with Crippen LogP contribution in [0.3, 0.4) is 0 Å². The van der Waals surface area contributed by atoms with Crippen LogP contribution >= 0.6 is 23.2 Å². The Morgan fingerprint density at radius 3 is 2.47 bits per heavy atom. The molecule has 0 saturated heterocycles. The van der Waals surface area contributed by atoms with E-state index in [-0.39, 0.29) is 18.4 Å². The molecule has 0 aromatic heterocycles. The fourth-order valence-corrected chi connectivity index (χ4v) is 1.46. The Morgan fingerprint density at radius 2 is 2.00 bits per heavy atom. The van der Waals surface area contributed by atoms with Crippen molar-refractivity contribution < 1.29 is 4.79 Å². The molecule has 1 aromatic rings. The molecule has 0 fully saturated rings. The van der Waals surface area contributed by atoms with E-state index in [2.05, 4.69) is 5.32 Å². The van der Waals surface area contributed by atoms with Crippen molar-refractivity contribution in [3.63, 3.8) is 0 Å². The average Bonchev–Trinajstić information content (AvgIpc) is 2.22. The number of hydrogen-bond donors (Lipinski definition) is 2. The zero-order valence-electron chi connectivity index (χ0n) is 8.26. The monoisotopic (exact) mass is 246 g/mol. The fraction of sp³-hybridized carbons (Fsp3) is 0.300. The van der Waals surface area contributed by atoms with Crippen molar-refractivity contribution in [2.24, 2.45) is 11.7 Å². The Morgan fingerprint density at radius 1 is 1.47 bits per heavy atom. The first kappa shape index (κ1) is 12.3. The molecule has 5 heteroatoms. The van der Waals surface area contributed by atoms with Crippen LogP contribution in [0, 0.1) is 5.92 Å². The molecule has 0 saturated carbocycles. The second-order valence-corrected chi connectivity index (χ2v) is 4.04. The molecular formula is C10H12Cl2N2O. The van der Waals surface area contributed by atoms with E-state index in [1.165, 1.54) is 0 Å². The van der Waals surface area contributed by atoms with Crippen LogP contribution in [0.5, 0.6) is 0 Å². The maximum atomic E-state index is 11.5. The molecule has 1 aromatic carbocycles. The van der Waals surface area contributed by atoms with E-state index >= 15 is 0 Å². The molecular weight excluding hydrogens is 235 g/mol. The predicted molar refractivity (Wildman–Crippen MR) is 63.3 cm³/mol. The lowest BCUT2D eigenvalue weighted by Gasteiger charge is -2.12. The van der Waals surface area contributed by atoms with E-state index in [1.807, 2.05) is 0 Å². The lowest BCUT2D eigenvalue weighted by molar-refractivity contribution is -0.119. The number of rotatable bonds is 3. The van der Waals surface area contributed by atoms with Gasteiger partial charge in [0.05, 0.1) is 15.7 Å². The number of nitrogens with one attached hydrogen (secondary N) is 1. The standard InChI is InChI=1S/C10H12Cl2N2O/c1-6(5-13)10(15)14-9-7(11)3-2-4-8(9)12/h2-4,6H,5,13H2,1H3,(H,14,15). The summed E-state index contributed by atoms with van der Waals surface area (Å²) in [5.74, 6) is -0.454. The van der Waals surface area contributed by atoms with Crippen LogP contribution in [0.15, 0.2) is 18.2 Å². The third-order valence-electron chi connectivity index (χ3n) is 2.01. The van der Waals surface area contributed by atoms with E-state index in [0.29, 0.717) is 15.7 Å². The molecule has 0 aliphatic heterocycles. The van der Waals surface area contributed by atoms with Crippen molar-refractivity contribution in [2.75, 3.05) is 11.9 Å². The van der Waals surface area contributed by atoms with Gasteiger partial charge in [-0.05, 0) is 12.1 Å². The largest absolute Gasteiger partial charge is 0.330 e. The minimum atomic E-state index is -0.266.